The first-order chi connectivity index (χ1) is 29.1. The summed E-state index contributed by atoms with van der Waals surface area (Å²) in [5, 5.41) is 11.7. The van der Waals surface area contributed by atoms with Crippen molar-refractivity contribution in [1.82, 2.24) is 0 Å². The monoisotopic (exact) mass is 846 g/mol. The Morgan fingerprint density at radius 3 is 1.32 bits per heavy atom. The maximum atomic E-state index is 12.8. The number of allylic oxidation sites excluding steroid dienone is 6. The van der Waals surface area contributed by atoms with Gasteiger partial charge in [0.1, 0.15) is 12.6 Å². The minimum atomic E-state index is -1.13. The number of carbonyl (C=O) groups is 3. The molecule has 0 aromatic heterocycles. The third-order valence-electron chi connectivity index (χ3n) is 11.3. The van der Waals surface area contributed by atoms with Crippen LogP contribution < -0.4 is 5.11 Å². The lowest BCUT2D eigenvalue weighted by molar-refractivity contribution is -0.889. The molecule has 0 fully saturated rings. The maximum absolute atomic E-state index is 12.8. The topological polar surface area (TPSA) is 102 Å². The van der Waals surface area contributed by atoms with Gasteiger partial charge in [0.15, 0.2) is 6.10 Å². The largest absolute Gasteiger partial charge is 0.544 e. The Morgan fingerprint density at radius 2 is 0.883 bits per heavy atom. The van der Waals surface area contributed by atoms with Gasteiger partial charge in [-0.25, -0.2) is 0 Å². The summed E-state index contributed by atoms with van der Waals surface area (Å²) >= 11 is 0. The van der Waals surface area contributed by atoms with Crippen LogP contribution in [0, 0.1) is 0 Å². The van der Waals surface area contributed by atoms with Gasteiger partial charge < -0.3 is 28.6 Å². The van der Waals surface area contributed by atoms with Gasteiger partial charge in [0.25, 0.3) is 0 Å². The van der Waals surface area contributed by atoms with Crippen molar-refractivity contribution in [1.29, 1.82) is 0 Å². The van der Waals surface area contributed by atoms with Gasteiger partial charge in [0.2, 0.25) is 0 Å². The van der Waals surface area contributed by atoms with E-state index in [0.29, 0.717) is 12.8 Å². The van der Waals surface area contributed by atoms with Crippen molar-refractivity contribution in [3.63, 3.8) is 0 Å². The van der Waals surface area contributed by atoms with Crippen molar-refractivity contribution >= 4 is 17.9 Å². The molecule has 8 nitrogen and oxygen atoms in total. The van der Waals surface area contributed by atoms with Crippen LogP contribution in [0.5, 0.6) is 0 Å². The predicted octanol–water partition coefficient (Wildman–Crippen LogP) is 12.9. The normalized spacial score (nSPS) is 13.2. The molecule has 0 aromatic carbocycles. The molecule has 0 radical (unpaired) electrons. The molecule has 0 amide bonds. The van der Waals surface area contributed by atoms with Gasteiger partial charge in [-0.3, -0.25) is 9.59 Å². The van der Waals surface area contributed by atoms with Crippen LogP contribution in [0.25, 0.3) is 0 Å². The van der Waals surface area contributed by atoms with Crippen LogP contribution in [0.4, 0.5) is 0 Å². The lowest BCUT2D eigenvalue weighted by atomic mass is 10.1. The zero-order valence-corrected chi connectivity index (χ0v) is 39.9. The number of hydrogen-bond donors (Lipinski definition) is 0. The van der Waals surface area contributed by atoms with Crippen molar-refractivity contribution in [3.05, 3.63) is 36.5 Å². The highest BCUT2D eigenvalue weighted by Crippen LogP contribution is 2.15. The minimum Gasteiger partial charge on any atom is -0.544 e. The summed E-state index contributed by atoms with van der Waals surface area (Å²) in [4.78, 5) is 37.0. The summed E-state index contributed by atoms with van der Waals surface area (Å²) < 4.78 is 17.2. The smallest absolute Gasteiger partial charge is 0.306 e. The number of quaternary nitrogens is 1. The fourth-order valence-electron chi connectivity index (χ4n) is 7.35. The van der Waals surface area contributed by atoms with Gasteiger partial charge in [-0.15, -0.1) is 0 Å². The van der Waals surface area contributed by atoms with Crippen LogP contribution >= 0.6 is 0 Å². The number of aliphatic carboxylic acids is 1. The van der Waals surface area contributed by atoms with Crippen LogP contribution in [0.15, 0.2) is 36.5 Å². The highest BCUT2D eigenvalue weighted by Gasteiger charge is 2.25. The molecule has 0 rings (SSSR count). The number of carboxylic acid groups (broad SMARTS) is 1. The number of carboxylic acids is 1. The number of carbonyl (C=O) groups excluding carboxylic acids is 3. The zero-order chi connectivity index (χ0) is 44.2. The molecule has 0 aromatic rings. The van der Waals surface area contributed by atoms with E-state index in [4.69, 9.17) is 14.2 Å². The average molecular weight is 846 g/mol. The second-order valence-electron chi connectivity index (χ2n) is 18.1. The molecule has 0 saturated carbocycles. The van der Waals surface area contributed by atoms with Gasteiger partial charge >= 0.3 is 11.9 Å². The summed E-state index contributed by atoms with van der Waals surface area (Å²) in [6.07, 6.45) is 50.2. The molecule has 60 heavy (non-hydrogen) atoms. The number of likely N-dealkylation sites (N-methyl/N-ethyl adjacent to an activating group) is 1. The molecule has 0 spiro atoms. The van der Waals surface area contributed by atoms with Crippen LogP contribution in [0.1, 0.15) is 226 Å². The average Bonchev–Trinajstić information content (AvgIpc) is 3.21. The van der Waals surface area contributed by atoms with E-state index in [2.05, 4.69) is 50.3 Å². The Hall–Kier alpha value is -2.45. The van der Waals surface area contributed by atoms with E-state index in [1.807, 2.05) is 0 Å². The molecular formula is C52H95NO7. The quantitative estimate of drug-likeness (QED) is 0.0198. The van der Waals surface area contributed by atoms with E-state index >= 15 is 0 Å². The van der Waals surface area contributed by atoms with Gasteiger partial charge in [-0.1, -0.05) is 179 Å². The second-order valence-corrected chi connectivity index (χ2v) is 18.1. The molecule has 0 bridgehead atoms. The summed E-state index contributed by atoms with van der Waals surface area (Å²) in [6.45, 7) is 4.65. The van der Waals surface area contributed by atoms with E-state index < -0.39 is 18.1 Å². The fraction of sp³-hybridized carbons (Fsp3) is 0.827. The number of nitrogens with zero attached hydrogens (tertiary/aromatic N) is 1. The molecule has 0 aliphatic heterocycles. The summed E-state index contributed by atoms with van der Waals surface area (Å²) in [5.74, 6) is -1.74. The van der Waals surface area contributed by atoms with Gasteiger partial charge in [0.05, 0.1) is 40.3 Å². The summed E-state index contributed by atoms with van der Waals surface area (Å²) in [7, 11) is 5.41. The summed E-state index contributed by atoms with van der Waals surface area (Å²) in [5.41, 5.74) is 0. The van der Waals surface area contributed by atoms with Crippen LogP contribution in [0.3, 0.4) is 0 Å². The van der Waals surface area contributed by atoms with Crippen LogP contribution in [-0.2, 0) is 28.6 Å². The first-order valence-electron chi connectivity index (χ1n) is 25.0. The third-order valence-corrected chi connectivity index (χ3v) is 11.3. The first-order valence-corrected chi connectivity index (χ1v) is 25.0. The number of rotatable bonds is 45. The lowest BCUT2D eigenvalue weighted by Crippen LogP contribution is -2.55. The predicted molar refractivity (Wildman–Crippen MR) is 250 cm³/mol. The molecule has 0 heterocycles. The van der Waals surface area contributed by atoms with Crippen molar-refractivity contribution in [2.75, 3.05) is 41.0 Å². The van der Waals surface area contributed by atoms with Crippen molar-refractivity contribution in [2.45, 2.75) is 238 Å². The van der Waals surface area contributed by atoms with Crippen molar-refractivity contribution < 1.29 is 38.2 Å². The van der Waals surface area contributed by atoms with Gasteiger partial charge in [0, 0.05) is 19.3 Å². The van der Waals surface area contributed by atoms with Gasteiger partial charge in [-0.2, -0.15) is 0 Å². The standard InChI is InChI=1S/C52H95NO7/c1-6-8-10-12-14-16-18-20-22-24-25-26-27-29-31-33-35-37-39-41-43-51(55)60-48(46-58-45-44-49(52(56)57)53(3,4)5)47-59-50(54)42-40-38-36-34-32-30-28-23-21-19-17-15-13-11-9-7-2/h16,18,20,22-23,28,48-49H,6-15,17,19,21,24-27,29-47H2,1-5H3/b18-16+,22-20+,28-23+. The molecular weight excluding hydrogens is 751 g/mol. The third kappa shape index (κ3) is 40.9. The van der Waals surface area contributed by atoms with Gasteiger partial charge in [-0.05, 0) is 64.2 Å². The van der Waals surface area contributed by atoms with E-state index in [1.54, 1.807) is 21.1 Å². The summed E-state index contributed by atoms with van der Waals surface area (Å²) in [6, 6.07) is -0.727. The zero-order valence-electron chi connectivity index (χ0n) is 39.9. The van der Waals surface area contributed by atoms with E-state index in [1.165, 1.54) is 141 Å². The Balaban J connectivity index is 4.27. The first kappa shape index (κ1) is 57.5. The van der Waals surface area contributed by atoms with Crippen LogP contribution in [-0.4, -0.2) is 75.5 Å². The molecule has 0 aliphatic carbocycles. The minimum absolute atomic E-state index is 0.0384. The molecule has 2 atom stereocenters. The van der Waals surface area contributed by atoms with E-state index in [9.17, 15) is 19.5 Å². The number of unbranched alkanes of at least 4 members (excludes halogenated alkanes) is 26. The Bertz CT molecular complexity index is 1080. The Labute approximate surface area is 370 Å². The molecule has 0 saturated heterocycles. The molecule has 350 valence electrons. The molecule has 0 N–H and O–H groups in total. The Morgan fingerprint density at radius 1 is 0.500 bits per heavy atom. The number of esters is 2. The number of ether oxygens (including phenoxy) is 3. The molecule has 2 unspecified atom stereocenters. The van der Waals surface area contributed by atoms with Crippen molar-refractivity contribution in [3.8, 4) is 0 Å². The highest BCUT2D eigenvalue weighted by molar-refractivity contribution is 5.70. The highest BCUT2D eigenvalue weighted by atomic mass is 16.6. The van der Waals surface area contributed by atoms with Crippen LogP contribution in [0.2, 0.25) is 0 Å². The van der Waals surface area contributed by atoms with E-state index in [0.717, 1.165) is 51.4 Å². The van der Waals surface area contributed by atoms with E-state index in [-0.39, 0.29) is 42.7 Å². The molecule has 8 heteroatoms. The maximum Gasteiger partial charge on any atom is 0.306 e. The SMILES string of the molecule is CCCCCC/C=C/C=C/CCCCCCCCCCCCC(=O)OC(COCCC(C(=O)[O-])[N+](C)(C)C)COC(=O)CCCCCCC/C=C/CCCCCCCCC. The second kappa shape index (κ2) is 43.2. The number of hydrogen-bond acceptors (Lipinski definition) is 7. The Kier molecular flexibility index (Phi) is 41.4. The molecule has 0 aliphatic rings. The lowest BCUT2D eigenvalue weighted by Gasteiger charge is -2.34. The van der Waals surface area contributed by atoms with Crippen molar-refractivity contribution in [2.24, 2.45) is 0 Å². The fourth-order valence-corrected chi connectivity index (χ4v) is 7.35.